The molecule has 0 spiro atoms. The maximum Gasteiger partial charge on any atom is 0.140 e. The molecule has 100 valence electrons. The van der Waals surface area contributed by atoms with Crippen molar-refractivity contribution in [1.82, 2.24) is 10.3 Å². The summed E-state index contributed by atoms with van der Waals surface area (Å²) in [6.07, 6.45) is 10.1. The lowest BCUT2D eigenvalue weighted by atomic mass is 10.1. The zero-order valence-corrected chi connectivity index (χ0v) is 12.4. The maximum absolute atomic E-state index is 4.29. The van der Waals surface area contributed by atoms with Crippen LogP contribution < -0.4 is 10.6 Å². The fourth-order valence-corrected chi connectivity index (χ4v) is 2.85. The molecule has 2 N–H and O–H groups in total. The van der Waals surface area contributed by atoms with Gasteiger partial charge in [0.1, 0.15) is 5.82 Å². The first-order chi connectivity index (χ1) is 8.86. The molecule has 0 amide bonds. The molecule has 0 saturated heterocycles. The topological polar surface area (TPSA) is 37.0 Å². The molecule has 1 fully saturated rings. The third-order valence-electron chi connectivity index (χ3n) is 3.46. The van der Waals surface area contributed by atoms with Gasteiger partial charge in [-0.05, 0) is 40.9 Å². The SMILES string of the molecule is Brc1cccnc1NCCNC1CCCCCC1. The van der Waals surface area contributed by atoms with Crippen LogP contribution in [0, 0.1) is 0 Å². The van der Waals surface area contributed by atoms with Crippen molar-refractivity contribution in [3.63, 3.8) is 0 Å². The Hall–Kier alpha value is -0.610. The van der Waals surface area contributed by atoms with Crippen molar-refractivity contribution < 1.29 is 0 Å². The Labute approximate surface area is 118 Å². The largest absolute Gasteiger partial charge is 0.368 e. The molecule has 18 heavy (non-hydrogen) atoms. The van der Waals surface area contributed by atoms with Crippen LogP contribution in [0.2, 0.25) is 0 Å². The van der Waals surface area contributed by atoms with E-state index in [2.05, 4.69) is 31.5 Å². The van der Waals surface area contributed by atoms with E-state index in [9.17, 15) is 0 Å². The highest BCUT2D eigenvalue weighted by Gasteiger charge is 2.10. The Morgan fingerprint density at radius 1 is 1.17 bits per heavy atom. The number of anilines is 1. The molecule has 1 heterocycles. The smallest absolute Gasteiger partial charge is 0.140 e. The molecule has 4 heteroatoms. The number of halogens is 1. The van der Waals surface area contributed by atoms with Crippen LogP contribution in [0.15, 0.2) is 22.8 Å². The highest BCUT2D eigenvalue weighted by molar-refractivity contribution is 9.10. The van der Waals surface area contributed by atoms with Crippen molar-refractivity contribution in [1.29, 1.82) is 0 Å². The number of nitrogens with one attached hydrogen (secondary N) is 2. The molecule has 0 bridgehead atoms. The number of hydrogen-bond donors (Lipinski definition) is 2. The van der Waals surface area contributed by atoms with Gasteiger partial charge in [-0.3, -0.25) is 0 Å². The second-order valence-corrected chi connectivity index (χ2v) is 5.76. The van der Waals surface area contributed by atoms with E-state index >= 15 is 0 Å². The summed E-state index contributed by atoms with van der Waals surface area (Å²) in [4.78, 5) is 4.29. The van der Waals surface area contributed by atoms with Gasteiger partial charge in [0.25, 0.3) is 0 Å². The third-order valence-corrected chi connectivity index (χ3v) is 4.10. The lowest BCUT2D eigenvalue weighted by molar-refractivity contribution is 0.468. The zero-order chi connectivity index (χ0) is 12.6. The van der Waals surface area contributed by atoms with E-state index in [4.69, 9.17) is 0 Å². The molecule has 1 aliphatic rings. The van der Waals surface area contributed by atoms with Crippen LogP contribution in [-0.2, 0) is 0 Å². The predicted octanol–water partition coefficient (Wildman–Crippen LogP) is 3.57. The molecule has 1 aromatic rings. The summed E-state index contributed by atoms with van der Waals surface area (Å²) in [5, 5.41) is 6.99. The first-order valence-corrected chi connectivity index (χ1v) is 7.73. The monoisotopic (exact) mass is 311 g/mol. The second-order valence-electron chi connectivity index (χ2n) is 4.90. The summed E-state index contributed by atoms with van der Waals surface area (Å²) >= 11 is 3.49. The van der Waals surface area contributed by atoms with E-state index in [0.717, 1.165) is 29.4 Å². The van der Waals surface area contributed by atoms with Crippen LogP contribution in [0.25, 0.3) is 0 Å². The molecule has 0 unspecified atom stereocenters. The van der Waals surface area contributed by atoms with Crippen molar-refractivity contribution in [2.24, 2.45) is 0 Å². The minimum absolute atomic E-state index is 0.724. The molecular formula is C14H22BrN3. The van der Waals surface area contributed by atoms with E-state index < -0.39 is 0 Å². The van der Waals surface area contributed by atoms with Gasteiger partial charge in [-0.2, -0.15) is 0 Å². The summed E-state index contributed by atoms with van der Waals surface area (Å²) in [5.41, 5.74) is 0. The normalized spacial score (nSPS) is 17.4. The molecule has 0 aliphatic heterocycles. The average molecular weight is 312 g/mol. The minimum Gasteiger partial charge on any atom is -0.368 e. The molecule has 1 aromatic heterocycles. The van der Waals surface area contributed by atoms with Crippen LogP contribution in [0.4, 0.5) is 5.82 Å². The van der Waals surface area contributed by atoms with Crippen LogP contribution >= 0.6 is 15.9 Å². The molecule has 3 nitrogen and oxygen atoms in total. The Morgan fingerprint density at radius 2 is 1.94 bits per heavy atom. The summed E-state index contributed by atoms with van der Waals surface area (Å²) in [6.45, 7) is 1.93. The van der Waals surface area contributed by atoms with E-state index in [1.165, 1.54) is 38.5 Å². The van der Waals surface area contributed by atoms with Crippen LogP contribution in [-0.4, -0.2) is 24.1 Å². The van der Waals surface area contributed by atoms with Crippen molar-refractivity contribution in [2.75, 3.05) is 18.4 Å². The van der Waals surface area contributed by atoms with Crippen molar-refractivity contribution in [3.8, 4) is 0 Å². The quantitative estimate of drug-likeness (QED) is 0.645. The van der Waals surface area contributed by atoms with E-state index in [0.29, 0.717) is 0 Å². The predicted molar refractivity (Wildman–Crippen MR) is 79.9 cm³/mol. The maximum atomic E-state index is 4.29. The van der Waals surface area contributed by atoms with Gasteiger partial charge in [0.2, 0.25) is 0 Å². The van der Waals surface area contributed by atoms with Gasteiger partial charge < -0.3 is 10.6 Å². The Morgan fingerprint density at radius 3 is 2.67 bits per heavy atom. The zero-order valence-electron chi connectivity index (χ0n) is 10.8. The minimum atomic E-state index is 0.724. The molecule has 1 aliphatic carbocycles. The summed E-state index contributed by atoms with van der Waals surface area (Å²) in [5.74, 6) is 0.931. The molecule has 0 aromatic carbocycles. The van der Waals surface area contributed by atoms with E-state index in [1.807, 2.05) is 18.3 Å². The molecule has 1 saturated carbocycles. The second kappa shape index (κ2) is 7.74. The average Bonchev–Trinajstić information content (AvgIpc) is 2.65. The van der Waals surface area contributed by atoms with Crippen LogP contribution in [0.1, 0.15) is 38.5 Å². The van der Waals surface area contributed by atoms with Gasteiger partial charge in [0, 0.05) is 25.3 Å². The lowest BCUT2D eigenvalue weighted by Gasteiger charge is -2.16. The Balaban J connectivity index is 1.65. The van der Waals surface area contributed by atoms with Crippen LogP contribution in [0.3, 0.4) is 0 Å². The third kappa shape index (κ3) is 4.58. The summed E-state index contributed by atoms with van der Waals surface area (Å²) < 4.78 is 1.03. The van der Waals surface area contributed by atoms with Crippen molar-refractivity contribution in [2.45, 2.75) is 44.6 Å². The van der Waals surface area contributed by atoms with Gasteiger partial charge >= 0.3 is 0 Å². The molecule has 0 atom stereocenters. The van der Waals surface area contributed by atoms with Gasteiger partial charge in [0.05, 0.1) is 4.47 Å². The van der Waals surface area contributed by atoms with Gasteiger partial charge in [0.15, 0.2) is 0 Å². The van der Waals surface area contributed by atoms with E-state index in [1.54, 1.807) is 0 Å². The fraction of sp³-hybridized carbons (Fsp3) is 0.643. The molecule has 0 radical (unpaired) electrons. The van der Waals surface area contributed by atoms with E-state index in [-0.39, 0.29) is 0 Å². The van der Waals surface area contributed by atoms with Gasteiger partial charge in [-0.1, -0.05) is 25.7 Å². The number of rotatable bonds is 5. The van der Waals surface area contributed by atoms with Crippen LogP contribution in [0.5, 0.6) is 0 Å². The van der Waals surface area contributed by atoms with Crippen molar-refractivity contribution >= 4 is 21.7 Å². The van der Waals surface area contributed by atoms with Gasteiger partial charge in [-0.25, -0.2) is 4.98 Å². The first kappa shape index (κ1) is 13.8. The highest BCUT2D eigenvalue weighted by atomic mass is 79.9. The lowest BCUT2D eigenvalue weighted by Crippen LogP contribution is -2.32. The Bertz CT molecular complexity index is 349. The number of hydrogen-bond acceptors (Lipinski definition) is 3. The molecule has 2 rings (SSSR count). The first-order valence-electron chi connectivity index (χ1n) is 6.94. The summed E-state index contributed by atoms with van der Waals surface area (Å²) in [7, 11) is 0. The highest BCUT2D eigenvalue weighted by Crippen LogP contribution is 2.18. The standard InChI is InChI=1S/C14H22BrN3/c15-13-8-5-9-17-14(13)18-11-10-16-12-6-3-1-2-4-7-12/h5,8-9,12,16H,1-4,6-7,10-11H2,(H,17,18). The van der Waals surface area contributed by atoms with Crippen molar-refractivity contribution in [3.05, 3.63) is 22.8 Å². The Kier molecular flexibility index (Phi) is 5.94. The summed E-state index contributed by atoms with van der Waals surface area (Å²) in [6, 6.07) is 4.66. The number of aromatic nitrogens is 1. The number of nitrogens with zero attached hydrogens (tertiary/aromatic N) is 1. The van der Waals surface area contributed by atoms with Gasteiger partial charge in [-0.15, -0.1) is 0 Å². The fourth-order valence-electron chi connectivity index (χ4n) is 2.46. The molecular weight excluding hydrogens is 290 g/mol. The number of pyridine rings is 1.